The van der Waals surface area contributed by atoms with Crippen LogP contribution in [-0.2, 0) is 10.0 Å². The maximum absolute atomic E-state index is 13.4. The second kappa shape index (κ2) is 5.30. The Morgan fingerprint density at radius 3 is 2.53 bits per heavy atom. The summed E-state index contributed by atoms with van der Waals surface area (Å²) in [6.07, 6.45) is 0. The van der Waals surface area contributed by atoms with Crippen molar-refractivity contribution in [3.8, 4) is 0 Å². The molecule has 0 aliphatic carbocycles. The van der Waals surface area contributed by atoms with Crippen molar-refractivity contribution in [2.24, 2.45) is 0 Å². The molecule has 1 N–H and O–H groups in total. The standard InChI is InChI=1S/C13H11BrFNO2S/c1-9-12(15)6-3-7-13(9)16-19(17,18)11-5-2-4-10(14)8-11/h2-8,16H,1H3. The van der Waals surface area contributed by atoms with Gasteiger partial charge in [-0.15, -0.1) is 0 Å². The first-order chi connectivity index (χ1) is 8.90. The minimum atomic E-state index is -3.72. The van der Waals surface area contributed by atoms with Crippen molar-refractivity contribution in [1.82, 2.24) is 0 Å². The SMILES string of the molecule is Cc1c(F)cccc1NS(=O)(=O)c1cccc(Br)c1. The molecule has 0 aromatic heterocycles. The first-order valence-corrected chi connectivity index (χ1v) is 7.71. The van der Waals surface area contributed by atoms with Crippen LogP contribution in [-0.4, -0.2) is 8.42 Å². The topological polar surface area (TPSA) is 46.2 Å². The predicted octanol–water partition coefficient (Wildman–Crippen LogP) is 3.70. The number of benzene rings is 2. The van der Waals surface area contributed by atoms with Gasteiger partial charge in [-0.3, -0.25) is 4.72 Å². The van der Waals surface area contributed by atoms with Crippen LogP contribution in [0.15, 0.2) is 51.8 Å². The lowest BCUT2D eigenvalue weighted by atomic mass is 10.2. The number of halogens is 2. The normalized spacial score (nSPS) is 11.3. The van der Waals surface area contributed by atoms with Gasteiger partial charge in [0.15, 0.2) is 0 Å². The van der Waals surface area contributed by atoms with E-state index in [0.29, 0.717) is 4.47 Å². The molecule has 100 valence electrons. The molecule has 6 heteroatoms. The van der Waals surface area contributed by atoms with E-state index < -0.39 is 15.8 Å². The number of hydrogen-bond donors (Lipinski definition) is 1. The number of rotatable bonds is 3. The highest BCUT2D eigenvalue weighted by Crippen LogP contribution is 2.23. The molecule has 0 radical (unpaired) electrons. The van der Waals surface area contributed by atoms with Gasteiger partial charge in [0.05, 0.1) is 10.6 Å². The molecule has 0 unspecified atom stereocenters. The molecule has 2 aromatic carbocycles. The van der Waals surface area contributed by atoms with E-state index in [2.05, 4.69) is 20.7 Å². The second-order valence-electron chi connectivity index (χ2n) is 3.98. The lowest BCUT2D eigenvalue weighted by Gasteiger charge is -2.11. The average Bonchev–Trinajstić information content (AvgIpc) is 2.35. The first kappa shape index (κ1) is 14.0. The summed E-state index contributed by atoms with van der Waals surface area (Å²) in [4.78, 5) is 0.116. The molecule has 0 saturated heterocycles. The van der Waals surface area contributed by atoms with E-state index in [4.69, 9.17) is 0 Å². The van der Waals surface area contributed by atoms with Gasteiger partial charge >= 0.3 is 0 Å². The summed E-state index contributed by atoms with van der Waals surface area (Å²) < 4.78 is 40.7. The molecular formula is C13H11BrFNO2S. The number of hydrogen-bond acceptors (Lipinski definition) is 2. The van der Waals surface area contributed by atoms with Gasteiger partial charge in [-0.05, 0) is 37.3 Å². The van der Waals surface area contributed by atoms with E-state index in [1.807, 2.05) is 0 Å². The van der Waals surface area contributed by atoms with Crippen molar-refractivity contribution < 1.29 is 12.8 Å². The van der Waals surface area contributed by atoms with Crippen LogP contribution in [0.5, 0.6) is 0 Å². The van der Waals surface area contributed by atoms with Crippen molar-refractivity contribution in [2.75, 3.05) is 4.72 Å². The Kier molecular flexibility index (Phi) is 3.91. The molecule has 0 saturated carbocycles. The average molecular weight is 344 g/mol. The minimum absolute atomic E-state index is 0.116. The van der Waals surface area contributed by atoms with Gasteiger partial charge in [-0.2, -0.15) is 0 Å². The Morgan fingerprint density at radius 2 is 1.84 bits per heavy atom. The highest BCUT2D eigenvalue weighted by molar-refractivity contribution is 9.10. The Morgan fingerprint density at radius 1 is 1.16 bits per heavy atom. The van der Waals surface area contributed by atoms with Gasteiger partial charge in [-0.1, -0.05) is 28.1 Å². The Bertz CT molecular complexity index is 716. The zero-order chi connectivity index (χ0) is 14.0. The highest BCUT2D eigenvalue weighted by atomic mass is 79.9. The van der Waals surface area contributed by atoms with Crippen molar-refractivity contribution >= 4 is 31.6 Å². The smallest absolute Gasteiger partial charge is 0.261 e. The number of sulfonamides is 1. The van der Waals surface area contributed by atoms with Gasteiger partial charge in [0.25, 0.3) is 10.0 Å². The van der Waals surface area contributed by atoms with Crippen LogP contribution >= 0.6 is 15.9 Å². The van der Waals surface area contributed by atoms with E-state index in [-0.39, 0.29) is 16.1 Å². The summed E-state index contributed by atoms with van der Waals surface area (Å²) in [6.45, 7) is 1.52. The quantitative estimate of drug-likeness (QED) is 0.923. The molecule has 0 aliphatic rings. The summed E-state index contributed by atoms with van der Waals surface area (Å²) in [5.74, 6) is -0.450. The fourth-order valence-corrected chi connectivity index (χ4v) is 3.27. The summed E-state index contributed by atoms with van der Waals surface area (Å²) in [6, 6.07) is 10.6. The lowest BCUT2D eigenvalue weighted by molar-refractivity contribution is 0.600. The van der Waals surface area contributed by atoms with Crippen molar-refractivity contribution in [3.05, 3.63) is 58.3 Å². The van der Waals surface area contributed by atoms with Crippen LogP contribution in [0.1, 0.15) is 5.56 Å². The fourth-order valence-electron chi connectivity index (χ4n) is 1.56. The number of nitrogens with one attached hydrogen (secondary N) is 1. The maximum Gasteiger partial charge on any atom is 0.261 e. The van der Waals surface area contributed by atoms with Gasteiger partial charge in [0, 0.05) is 10.0 Å². The molecule has 0 heterocycles. The van der Waals surface area contributed by atoms with E-state index in [1.54, 1.807) is 12.1 Å². The van der Waals surface area contributed by atoms with Crippen molar-refractivity contribution in [1.29, 1.82) is 0 Å². The zero-order valence-corrected chi connectivity index (χ0v) is 12.4. The fraction of sp³-hybridized carbons (Fsp3) is 0.0769. The second-order valence-corrected chi connectivity index (χ2v) is 6.57. The van der Waals surface area contributed by atoms with Crippen LogP contribution in [0.3, 0.4) is 0 Å². The largest absolute Gasteiger partial charge is 0.279 e. The summed E-state index contributed by atoms with van der Waals surface area (Å²) in [5, 5.41) is 0. The van der Waals surface area contributed by atoms with Crippen LogP contribution in [0.2, 0.25) is 0 Å². The molecule has 0 fully saturated rings. The van der Waals surface area contributed by atoms with Crippen LogP contribution < -0.4 is 4.72 Å². The van der Waals surface area contributed by atoms with E-state index in [1.165, 1.54) is 37.3 Å². The summed E-state index contributed by atoms with van der Waals surface area (Å²) in [7, 11) is -3.72. The molecule has 2 aromatic rings. The molecule has 3 nitrogen and oxygen atoms in total. The molecule has 0 bridgehead atoms. The third-order valence-electron chi connectivity index (χ3n) is 2.62. The molecule has 19 heavy (non-hydrogen) atoms. The van der Waals surface area contributed by atoms with Crippen molar-refractivity contribution in [2.45, 2.75) is 11.8 Å². The van der Waals surface area contributed by atoms with E-state index >= 15 is 0 Å². The van der Waals surface area contributed by atoms with Gasteiger partial charge in [0.1, 0.15) is 5.82 Å². The van der Waals surface area contributed by atoms with Crippen LogP contribution in [0.4, 0.5) is 10.1 Å². The Labute approximate surface area is 119 Å². The van der Waals surface area contributed by atoms with Crippen LogP contribution in [0, 0.1) is 12.7 Å². The third kappa shape index (κ3) is 3.13. The first-order valence-electron chi connectivity index (χ1n) is 5.43. The maximum atomic E-state index is 13.4. The Balaban J connectivity index is 2.39. The lowest BCUT2D eigenvalue weighted by Crippen LogP contribution is -2.14. The summed E-state index contributed by atoms with van der Waals surface area (Å²) in [5.41, 5.74) is 0.501. The van der Waals surface area contributed by atoms with Gasteiger partial charge in [0.2, 0.25) is 0 Å². The molecule has 0 atom stereocenters. The predicted molar refractivity (Wildman–Crippen MR) is 76.1 cm³/mol. The molecular weight excluding hydrogens is 333 g/mol. The minimum Gasteiger partial charge on any atom is -0.279 e. The van der Waals surface area contributed by atoms with Gasteiger partial charge in [-0.25, -0.2) is 12.8 Å². The van der Waals surface area contributed by atoms with Crippen LogP contribution in [0.25, 0.3) is 0 Å². The van der Waals surface area contributed by atoms with Gasteiger partial charge < -0.3 is 0 Å². The third-order valence-corrected chi connectivity index (χ3v) is 4.47. The molecule has 0 aliphatic heterocycles. The van der Waals surface area contributed by atoms with Crippen molar-refractivity contribution in [3.63, 3.8) is 0 Å². The molecule has 0 spiro atoms. The zero-order valence-electron chi connectivity index (χ0n) is 10.0. The monoisotopic (exact) mass is 343 g/mol. The Hall–Kier alpha value is -1.40. The molecule has 2 rings (SSSR count). The van der Waals surface area contributed by atoms with E-state index in [9.17, 15) is 12.8 Å². The van der Waals surface area contributed by atoms with E-state index in [0.717, 1.165) is 0 Å². The highest BCUT2D eigenvalue weighted by Gasteiger charge is 2.16. The number of anilines is 1. The molecule has 0 amide bonds. The summed E-state index contributed by atoms with van der Waals surface area (Å²) >= 11 is 3.21.